The molecule has 3 aromatic rings. The van der Waals surface area contributed by atoms with Crippen molar-refractivity contribution in [1.82, 2.24) is 15.1 Å². The van der Waals surface area contributed by atoms with Gasteiger partial charge >= 0.3 is 0 Å². The molecule has 0 aliphatic carbocycles. The number of aliphatic hydroxyl groups is 1. The molecule has 1 atom stereocenters. The number of hydrogen-bond acceptors (Lipinski definition) is 3. The second kappa shape index (κ2) is 8.45. The first-order chi connectivity index (χ1) is 12.7. The molecule has 0 aliphatic heterocycles. The summed E-state index contributed by atoms with van der Waals surface area (Å²) in [6.07, 6.45) is 2.36. The van der Waals surface area contributed by atoms with Crippen LogP contribution >= 0.6 is 0 Å². The normalized spacial score (nSPS) is 11.9. The minimum Gasteiger partial charge on any atom is -0.396 e. The molecule has 0 bridgehead atoms. The monoisotopic (exact) mass is 349 g/mol. The van der Waals surface area contributed by atoms with Crippen molar-refractivity contribution in [1.29, 1.82) is 0 Å². The van der Waals surface area contributed by atoms with Gasteiger partial charge in [-0.1, -0.05) is 48.5 Å². The molecule has 2 N–H and O–H groups in total. The molecule has 5 heteroatoms. The Labute approximate surface area is 153 Å². The van der Waals surface area contributed by atoms with Crippen molar-refractivity contribution in [3.05, 3.63) is 83.7 Å². The van der Waals surface area contributed by atoms with Crippen molar-refractivity contribution in [3.8, 4) is 5.69 Å². The van der Waals surface area contributed by atoms with E-state index in [-0.39, 0.29) is 18.4 Å². The van der Waals surface area contributed by atoms with Gasteiger partial charge in [0.25, 0.3) is 5.91 Å². The highest BCUT2D eigenvalue weighted by atomic mass is 16.3. The third-order valence-electron chi connectivity index (χ3n) is 4.42. The zero-order valence-corrected chi connectivity index (χ0v) is 14.8. The molecule has 5 nitrogen and oxygen atoms in total. The van der Waals surface area contributed by atoms with Gasteiger partial charge in [0.15, 0.2) is 0 Å². The summed E-state index contributed by atoms with van der Waals surface area (Å²) in [5.41, 5.74) is 3.27. The van der Waals surface area contributed by atoms with Crippen LogP contribution < -0.4 is 5.32 Å². The molecule has 0 fully saturated rings. The van der Waals surface area contributed by atoms with Crippen molar-refractivity contribution in [2.24, 2.45) is 0 Å². The number of nitrogens with one attached hydrogen (secondary N) is 1. The number of aromatic nitrogens is 2. The lowest BCUT2D eigenvalue weighted by atomic mass is 9.96. The van der Waals surface area contributed by atoms with Gasteiger partial charge in [0.1, 0.15) is 0 Å². The van der Waals surface area contributed by atoms with Gasteiger partial charge in [0, 0.05) is 25.3 Å². The minimum atomic E-state index is -0.149. The molecule has 26 heavy (non-hydrogen) atoms. The summed E-state index contributed by atoms with van der Waals surface area (Å²) >= 11 is 0. The quantitative estimate of drug-likeness (QED) is 0.689. The average molecular weight is 349 g/mol. The first-order valence-electron chi connectivity index (χ1n) is 8.74. The molecule has 1 aromatic heterocycles. The van der Waals surface area contributed by atoms with Crippen LogP contribution in [0.3, 0.4) is 0 Å². The Hall–Kier alpha value is -2.92. The van der Waals surface area contributed by atoms with Crippen LogP contribution in [-0.2, 0) is 0 Å². The van der Waals surface area contributed by atoms with Crippen molar-refractivity contribution < 1.29 is 9.90 Å². The molecule has 1 heterocycles. The summed E-state index contributed by atoms with van der Waals surface area (Å²) in [5.74, 6) is -0.0711. The van der Waals surface area contributed by atoms with Gasteiger partial charge in [-0.2, -0.15) is 5.10 Å². The molecular formula is C21H23N3O2. The van der Waals surface area contributed by atoms with Crippen molar-refractivity contribution >= 4 is 5.91 Å². The SMILES string of the molecule is Cc1nn(-c2ccccc2)cc1C(=O)NCC(CCO)c1ccccc1. The zero-order valence-electron chi connectivity index (χ0n) is 14.8. The Balaban J connectivity index is 1.71. The van der Waals surface area contributed by atoms with Crippen molar-refractivity contribution in [2.45, 2.75) is 19.3 Å². The van der Waals surface area contributed by atoms with E-state index in [1.165, 1.54) is 0 Å². The molecular weight excluding hydrogens is 326 g/mol. The Morgan fingerprint density at radius 1 is 1.12 bits per heavy atom. The average Bonchev–Trinajstić information content (AvgIpc) is 3.08. The minimum absolute atomic E-state index is 0.0784. The lowest BCUT2D eigenvalue weighted by Crippen LogP contribution is -2.29. The molecule has 0 spiro atoms. The number of rotatable bonds is 7. The fourth-order valence-corrected chi connectivity index (χ4v) is 2.97. The number of hydrogen-bond donors (Lipinski definition) is 2. The van der Waals surface area contributed by atoms with E-state index in [2.05, 4.69) is 10.4 Å². The van der Waals surface area contributed by atoms with Gasteiger partial charge in [-0.05, 0) is 31.0 Å². The Kier molecular flexibility index (Phi) is 5.81. The third-order valence-corrected chi connectivity index (χ3v) is 4.42. The van der Waals surface area contributed by atoms with Gasteiger partial charge in [0.2, 0.25) is 0 Å². The van der Waals surface area contributed by atoms with E-state index in [1.54, 1.807) is 10.9 Å². The number of nitrogens with zero attached hydrogens (tertiary/aromatic N) is 2. The highest BCUT2D eigenvalue weighted by Crippen LogP contribution is 2.19. The van der Waals surface area contributed by atoms with Crippen LogP contribution in [0.5, 0.6) is 0 Å². The van der Waals surface area contributed by atoms with E-state index in [1.807, 2.05) is 67.6 Å². The maximum absolute atomic E-state index is 12.6. The molecule has 0 aliphatic rings. The maximum Gasteiger partial charge on any atom is 0.254 e. The number of para-hydroxylation sites is 1. The highest BCUT2D eigenvalue weighted by molar-refractivity contribution is 5.95. The van der Waals surface area contributed by atoms with Gasteiger partial charge in [-0.15, -0.1) is 0 Å². The standard InChI is InChI=1S/C21H23N3O2/c1-16-20(15-24(23-16)19-10-6-3-7-11-19)21(26)22-14-18(12-13-25)17-8-4-2-5-9-17/h2-11,15,18,25H,12-14H2,1H3,(H,22,26). The second-order valence-electron chi connectivity index (χ2n) is 6.24. The van der Waals surface area contributed by atoms with E-state index < -0.39 is 0 Å². The summed E-state index contributed by atoms with van der Waals surface area (Å²) in [7, 11) is 0. The van der Waals surface area contributed by atoms with Crippen LogP contribution in [-0.4, -0.2) is 33.9 Å². The molecule has 2 aromatic carbocycles. The number of aliphatic hydroxyl groups excluding tert-OH is 1. The smallest absolute Gasteiger partial charge is 0.254 e. The molecule has 0 saturated heterocycles. The summed E-state index contributed by atoms with van der Waals surface area (Å²) in [4.78, 5) is 12.6. The topological polar surface area (TPSA) is 67.2 Å². The number of amides is 1. The lowest BCUT2D eigenvalue weighted by molar-refractivity contribution is 0.0948. The Bertz CT molecular complexity index is 844. The van der Waals surface area contributed by atoms with Crippen molar-refractivity contribution in [2.75, 3.05) is 13.2 Å². The third kappa shape index (κ3) is 4.18. The number of carbonyl (C=O) groups is 1. The highest BCUT2D eigenvalue weighted by Gasteiger charge is 2.17. The van der Waals surface area contributed by atoms with Crippen LogP contribution in [0.1, 0.15) is 34.0 Å². The first-order valence-corrected chi connectivity index (χ1v) is 8.74. The summed E-state index contributed by atoms with van der Waals surface area (Å²) < 4.78 is 1.71. The van der Waals surface area contributed by atoms with Gasteiger partial charge in [-0.3, -0.25) is 4.79 Å². The summed E-state index contributed by atoms with van der Waals surface area (Å²) in [6, 6.07) is 19.6. The van der Waals surface area contributed by atoms with E-state index >= 15 is 0 Å². The Morgan fingerprint density at radius 2 is 1.77 bits per heavy atom. The van der Waals surface area contributed by atoms with E-state index in [9.17, 15) is 9.90 Å². The summed E-state index contributed by atoms with van der Waals surface area (Å²) in [6.45, 7) is 2.39. The molecule has 1 amide bonds. The van der Waals surface area contributed by atoms with Gasteiger partial charge < -0.3 is 10.4 Å². The number of carbonyl (C=O) groups excluding carboxylic acids is 1. The van der Waals surface area contributed by atoms with Crippen molar-refractivity contribution in [3.63, 3.8) is 0 Å². The zero-order chi connectivity index (χ0) is 18.4. The summed E-state index contributed by atoms with van der Waals surface area (Å²) in [5, 5.41) is 16.8. The van der Waals surface area contributed by atoms with E-state index in [4.69, 9.17) is 0 Å². The largest absolute Gasteiger partial charge is 0.396 e. The van der Waals surface area contributed by atoms with Crippen LogP contribution in [0.15, 0.2) is 66.9 Å². The first kappa shape index (κ1) is 17.9. The van der Waals surface area contributed by atoms with Crippen LogP contribution in [0.25, 0.3) is 5.69 Å². The number of benzene rings is 2. The molecule has 0 radical (unpaired) electrons. The predicted octanol–water partition coefficient (Wildman–Crippen LogP) is 3.08. The lowest BCUT2D eigenvalue weighted by Gasteiger charge is -2.17. The molecule has 0 saturated carbocycles. The molecule has 134 valence electrons. The fraction of sp³-hybridized carbons (Fsp3) is 0.238. The maximum atomic E-state index is 12.6. The van der Waals surface area contributed by atoms with E-state index in [0.29, 0.717) is 24.2 Å². The van der Waals surface area contributed by atoms with Gasteiger partial charge in [-0.25, -0.2) is 4.68 Å². The Morgan fingerprint density at radius 3 is 2.42 bits per heavy atom. The van der Waals surface area contributed by atoms with E-state index in [0.717, 1.165) is 11.3 Å². The van der Waals surface area contributed by atoms with Gasteiger partial charge in [0.05, 0.1) is 16.9 Å². The molecule has 1 unspecified atom stereocenters. The second-order valence-corrected chi connectivity index (χ2v) is 6.24. The van der Waals surface area contributed by atoms with Crippen LogP contribution in [0.2, 0.25) is 0 Å². The molecule has 3 rings (SSSR count). The van der Waals surface area contributed by atoms with Crippen LogP contribution in [0.4, 0.5) is 0 Å². The fourth-order valence-electron chi connectivity index (χ4n) is 2.97. The van der Waals surface area contributed by atoms with Crippen LogP contribution in [0, 0.1) is 6.92 Å². The number of aryl methyl sites for hydroxylation is 1. The predicted molar refractivity (Wildman–Crippen MR) is 102 cm³/mol.